The fraction of sp³-hybridized carbons (Fsp3) is 0.286. The maximum atomic E-state index is 12.7. The van der Waals surface area contributed by atoms with E-state index in [-0.39, 0.29) is 31.0 Å². The van der Waals surface area contributed by atoms with Crippen molar-refractivity contribution in [3.05, 3.63) is 70.5 Å². The van der Waals surface area contributed by atoms with Crippen molar-refractivity contribution in [2.75, 3.05) is 0 Å². The molecule has 2 aromatic rings. The van der Waals surface area contributed by atoms with Gasteiger partial charge >= 0.3 is 0 Å². The van der Waals surface area contributed by atoms with E-state index in [1.807, 2.05) is 36.4 Å². The lowest BCUT2D eigenvalue weighted by Crippen LogP contribution is -2.33. The fourth-order valence-corrected chi connectivity index (χ4v) is 3.61. The summed E-state index contributed by atoms with van der Waals surface area (Å²) in [6, 6.07) is 16.9. The third-order valence-electron chi connectivity index (χ3n) is 4.71. The largest absolute Gasteiger partial charge is 0.344 e. The molecule has 1 aromatic heterocycles. The molecule has 0 saturated heterocycles. The van der Waals surface area contributed by atoms with Gasteiger partial charge in [-0.2, -0.15) is 18.8 Å². The van der Waals surface area contributed by atoms with E-state index >= 15 is 0 Å². The highest BCUT2D eigenvalue weighted by Gasteiger charge is 2.28. The molecule has 140 valence electrons. The number of benzene rings is 1. The van der Waals surface area contributed by atoms with Crippen molar-refractivity contribution in [3.63, 3.8) is 0 Å². The Kier molecular flexibility index (Phi) is 7.90. The number of carbonyl (C=O) groups excluding carboxylic acids is 1. The van der Waals surface area contributed by atoms with Crippen molar-refractivity contribution in [1.82, 2.24) is 10.3 Å². The van der Waals surface area contributed by atoms with Crippen LogP contribution in [0, 0.1) is 17.2 Å². The van der Waals surface area contributed by atoms with Crippen LogP contribution in [0.25, 0.3) is 6.08 Å². The molecule has 6 heteroatoms. The molecular weight excluding hydrogens is 378 g/mol. The summed E-state index contributed by atoms with van der Waals surface area (Å²) >= 11 is 5.88. The van der Waals surface area contributed by atoms with E-state index in [4.69, 9.17) is 11.6 Å². The predicted molar refractivity (Wildman–Crippen MR) is 113 cm³/mol. The molecule has 1 saturated carbocycles. The Labute approximate surface area is 171 Å². The lowest BCUT2D eigenvalue weighted by Gasteiger charge is -2.25. The summed E-state index contributed by atoms with van der Waals surface area (Å²) < 4.78 is 0. The Balaban J connectivity index is 0.00000261. The molecular formula is C21H22ClN3OS. The number of halogens is 1. The molecule has 1 fully saturated rings. The minimum Gasteiger partial charge on any atom is -0.344 e. The van der Waals surface area contributed by atoms with Crippen molar-refractivity contribution in [3.8, 4) is 6.07 Å². The van der Waals surface area contributed by atoms with E-state index in [2.05, 4.69) is 10.3 Å². The van der Waals surface area contributed by atoms with E-state index in [9.17, 15) is 10.1 Å². The van der Waals surface area contributed by atoms with Crippen LogP contribution >= 0.6 is 25.1 Å². The Morgan fingerprint density at radius 2 is 1.89 bits per heavy atom. The molecule has 1 heterocycles. The van der Waals surface area contributed by atoms with Crippen LogP contribution in [0.15, 0.2) is 54.1 Å². The zero-order valence-corrected chi connectivity index (χ0v) is 16.6. The summed E-state index contributed by atoms with van der Waals surface area (Å²) in [5.41, 5.74) is 1.59. The Bertz CT molecular complexity index is 842. The van der Waals surface area contributed by atoms with Crippen molar-refractivity contribution in [1.29, 1.82) is 5.26 Å². The number of hydrogen-bond acceptors (Lipinski definition) is 3. The SMILES string of the molecule is N#C/C(=C\c1cccc(Cl)n1)C(=O)N[C@H](c1ccccc1)C1CCCC1.S. The van der Waals surface area contributed by atoms with E-state index in [1.165, 1.54) is 18.9 Å². The minimum absolute atomic E-state index is 0. The molecule has 0 bridgehead atoms. The van der Waals surface area contributed by atoms with Gasteiger partial charge in [0.2, 0.25) is 0 Å². The van der Waals surface area contributed by atoms with Gasteiger partial charge in [0.1, 0.15) is 16.8 Å². The van der Waals surface area contributed by atoms with Crippen LogP contribution in [0.5, 0.6) is 0 Å². The molecule has 0 spiro atoms. The van der Waals surface area contributed by atoms with Gasteiger partial charge in [0.25, 0.3) is 5.91 Å². The molecule has 0 unspecified atom stereocenters. The lowest BCUT2D eigenvalue weighted by molar-refractivity contribution is -0.118. The first-order valence-electron chi connectivity index (χ1n) is 8.77. The maximum Gasteiger partial charge on any atom is 0.262 e. The highest BCUT2D eigenvalue weighted by Crippen LogP contribution is 2.35. The van der Waals surface area contributed by atoms with Gasteiger partial charge in [-0.1, -0.05) is 60.8 Å². The maximum absolute atomic E-state index is 12.7. The molecule has 1 aromatic carbocycles. The fourth-order valence-electron chi connectivity index (χ4n) is 3.44. The first kappa shape index (κ1) is 21.0. The second-order valence-corrected chi connectivity index (χ2v) is 6.85. The van der Waals surface area contributed by atoms with Gasteiger partial charge in [-0.25, -0.2) is 4.98 Å². The first-order chi connectivity index (χ1) is 12.7. The number of pyridine rings is 1. The Hall–Kier alpha value is -2.29. The molecule has 1 atom stereocenters. The predicted octanol–water partition coefficient (Wildman–Crippen LogP) is 4.80. The highest BCUT2D eigenvalue weighted by atomic mass is 35.5. The number of nitrogens with zero attached hydrogens (tertiary/aromatic N) is 2. The van der Waals surface area contributed by atoms with Crippen molar-refractivity contribution >= 4 is 37.1 Å². The smallest absolute Gasteiger partial charge is 0.262 e. The monoisotopic (exact) mass is 399 g/mol. The molecule has 0 radical (unpaired) electrons. The van der Waals surface area contributed by atoms with Gasteiger partial charge in [-0.15, -0.1) is 0 Å². The van der Waals surface area contributed by atoms with Crippen LogP contribution in [-0.4, -0.2) is 10.9 Å². The molecule has 1 aliphatic carbocycles. The number of nitrogens with one attached hydrogen (secondary N) is 1. The van der Waals surface area contributed by atoms with Crippen LogP contribution in [0.2, 0.25) is 5.15 Å². The molecule has 4 nitrogen and oxygen atoms in total. The van der Waals surface area contributed by atoms with E-state index in [0.29, 0.717) is 16.8 Å². The van der Waals surface area contributed by atoms with E-state index in [0.717, 1.165) is 18.4 Å². The first-order valence-corrected chi connectivity index (χ1v) is 9.15. The highest BCUT2D eigenvalue weighted by molar-refractivity contribution is 7.59. The summed E-state index contributed by atoms with van der Waals surface area (Å²) in [4.78, 5) is 16.9. The third-order valence-corrected chi connectivity index (χ3v) is 4.92. The molecule has 27 heavy (non-hydrogen) atoms. The molecule has 3 rings (SSSR count). The number of amides is 1. The van der Waals surface area contributed by atoms with Crippen molar-refractivity contribution < 1.29 is 4.79 Å². The number of hydrogen-bond donors (Lipinski definition) is 1. The Morgan fingerprint density at radius 3 is 2.52 bits per heavy atom. The van der Waals surface area contributed by atoms with Crippen molar-refractivity contribution in [2.24, 2.45) is 5.92 Å². The van der Waals surface area contributed by atoms with Crippen LogP contribution in [-0.2, 0) is 4.79 Å². The quantitative estimate of drug-likeness (QED) is 0.446. The summed E-state index contributed by atoms with van der Waals surface area (Å²) in [5.74, 6) is 0.0145. The van der Waals surface area contributed by atoms with Crippen molar-refractivity contribution in [2.45, 2.75) is 31.7 Å². The van der Waals surface area contributed by atoms with E-state index in [1.54, 1.807) is 18.2 Å². The summed E-state index contributed by atoms with van der Waals surface area (Å²) in [7, 11) is 0. The second-order valence-electron chi connectivity index (χ2n) is 6.46. The van der Waals surface area contributed by atoms with Crippen LogP contribution < -0.4 is 5.32 Å². The van der Waals surface area contributed by atoms with Gasteiger partial charge in [0, 0.05) is 0 Å². The zero-order valence-electron chi connectivity index (χ0n) is 14.9. The average molecular weight is 400 g/mol. The van der Waals surface area contributed by atoms with Gasteiger partial charge < -0.3 is 5.32 Å². The standard InChI is InChI=1S/C21H20ClN3O.H2S/c22-19-12-6-11-18(24-19)13-17(14-23)21(26)25-20(16-9-4-5-10-16)15-7-2-1-3-8-15;/h1-3,6-8,11-13,16,20H,4-5,9-10H2,(H,25,26);1H2/b17-13+;/t20-;/m1./s1. The third kappa shape index (κ3) is 5.59. The average Bonchev–Trinajstić information content (AvgIpc) is 3.19. The zero-order chi connectivity index (χ0) is 18.4. The van der Waals surface area contributed by atoms with Gasteiger partial charge in [0.15, 0.2) is 0 Å². The van der Waals surface area contributed by atoms with Crippen LogP contribution in [0.3, 0.4) is 0 Å². The number of aromatic nitrogens is 1. The molecule has 1 amide bonds. The minimum atomic E-state index is -0.380. The molecule has 0 aliphatic heterocycles. The summed E-state index contributed by atoms with van der Waals surface area (Å²) in [6.07, 6.45) is 6.00. The summed E-state index contributed by atoms with van der Waals surface area (Å²) in [6.45, 7) is 0. The molecule has 1 N–H and O–H groups in total. The summed E-state index contributed by atoms with van der Waals surface area (Å²) in [5, 5.41) is 12.8. The number of rotatable bonds is 5. The van der Waals surface area contributed by atoms with Crippen LogP contribution in [0.4, 0.5) is 0 Å². The van der Waals surface area contributed by atoms with Gasteiger partial charge in [-0.3, -0.25) is 4.79 Å². The van der Waals surface area contributed by atoms with Gasteiger partial charge in [-0.05, 0) is 42.5 Å². The molecule has 1 aliphatic rings. The normalized spacial score (nSPS) is 15.5. The second kappa shape index (κ2) is 10.1. The van der Waals surface area contributed by atoms with Gasteiger partial charge in [0.05, 0.1) is 11.7 Å². The number of nitriles is 1. The van der Waals surface area contributed by atoms with Crippen LogP contribution in [0.1, 0.15) is 43.0 Å². The lowest BCUT2D eigenvalue weighted by atomic mass is 9.91. The Morgan fingerprint density at radius 1 is 1.19 bits per heavy atom. The van der Waals surface area contributed by atoms with E-state index < -0.39 is 0 Å². The number of carbonyl (C=O) groups is 1. The topological polar surface area (TPSA) is 65.8 Å².